The third-order valence-corrected chi connectivity index (χ3v) is 5.25. The topological polar surface area (TPSA) is 56.8 Å². The molecule has 2 fully saturated rings. The summed E-state index contributed by atoms with van der Waals surface area (Å²) in [5.74, 6) is 0.0722. The van der Waals surface area contributed by atoms with Gasteiger partial charge in [-0.25, -0.2) is 4.98 Å². The fourth-order valence-corrected chi connectivity index (χ4v) is 3.73. The fourth-order valence-electron chi connectivity index (χ4n) is 3.12. The summed E-state index contributed by atoms with van der Waals surface area (Å²) >= 11 is 1.68. The molecule has 7 heteroatoms. The molecule has 2 aliphatic rings. The van der Waals surface area contributed by atoms with Crippen molar-refractivity contribution in [2.24, 2.45) is 5.92 Å². The van der Waals surface area contributed by atoms with Crippen molar-refractivity contribution >= 4 is 23.2 Å². The third-order valence-electron chi connectivity index (χ3n) is 4.43. The molecule has 2 aliphatic heterocycles. The Bertz CT molecular complexity index is 566. The lowest BCUT2D eigenvalue weighted by molar-refractivity contribution is -0.137. The van der Waals surface area contributed by atoms with Crippen LogP contribution >= 0.6 is 11.3 Å². The molecule has 1 aromatic rings. The lowest BCUT2D eigenvalue weighted by atomic mass is 10.1. The van der Waals surface area contributed by atoms with Crippen LogP contribution in [0.1, 0.15) is 17.1 Å². The number of carbonyl (C=O) groups is 2. The minimum atomic E-state index is -0.148. The number of hydrogen-bond donors (Lipinski definition) is 0. The number of amides is 2. The van der Waals surface area contributed by atoms with Crippen LogP contribution in [0.3, 0.4) is 0 Å². The highest BCUT2D eigenvalue weighted by molar-refractivity contribution is 7.09. The molecule has 22 heavy (non-hydrogen) atoms. The molecule has 2 amide bonds. The van der Waals surface area contributed by atoms with E-state index in [0.29, 0.717) is 13.0 Å². The molecule has 1 unspecified atom stereocenters. The van der Waals surface area contributed by atoms with E-state index < -0.39 is 0 Å². The van der Waals surface area contributed by atoms with Crippen LogP contribution in [-0.4, -0.2) is 71.3 Å². The molecular weight excluding hydrogens is 300 g/mol. The van der Waals surface area contributed by atoms with E-state index in [1.807, 2.05) is 11.8 Å². The summed E-state index contributed by atoms with van der Waals surface area (Å²) in [7, 11) is 1.77. The minimum Gasteiger partial charge on any atom is -0.345 e. The van der Waals surface area contributed by atoms with E-state index in [2.05, 4.69) is 15.3 Å². The molecule has 6 nitrogen and oxygen atoms in total. The molecule has 0 spiro atoms. The van der Waals surface area contributed by atoms with E-state index in [1.165, 1.54) is 0 Å². The first kappa shape index (κ1) is 15.4. The van der Waals surface area contributed by atoms with Crippen LogP contribution in [0.4, 0.5) is 0 Å². The average molecular weight is 322 g/mol. The molecule has 1 atom stereocenters. The zero-order valence-corrected chi connectivity index (χ0v) is 13.9. The second kappa shape index (κ2) is 6.34. The van der Waals surface area contributed by atoms with Crippen molar-refractivity contribution in [3.05, 3.63) is 16.1 Å². The molecule has 0 radical (unpaired) electrons. The standard InChI is InChI=1S/C15H22N4O2S/c1-11-16-13(10-22-11)9-18-3-5-19(6-4-18)15(21)12-7-14(20)17(2)8-12/h10,12H,3-9H2,1-2H3. The summed E-state index contributed by atoms with van der Waals surface area (Å²) < 4.78 is 0. The maximum Gasteiger partial charge on any atom is 0.228 e. The van der Waals surface area contributed by atoms with E-state index in [1.54, 1.807) is 23.3 Å². The van der Waals surface area contributed by atoms with Gasteiger partial charge >= 0.3 is 0 Å². The zero-order chi connectivity index (χ0) is 15.7. The average Bonchev–Trinajstić information content (AvgIpc) is 3.05. The number of hydrogen-bond acceptors (Lipinski definition) is 5. The van der Waals surface area contributed by atoms with Gasteiger partial charge in [0.2, 0.25) is 11.8 Å². The van der Waals surface area contributed by atoms with Gasteiger partial charge in [-0.05, 0) is 6.92 Å². The van der Waals surface area contributed by atoms with Crippen molar-refractivity contribution in [3.8, 4) is 0 Å². The summed E-state index contributed by atoms with van der Waals surface area (Å²) in [6, 6.07) is 0. The Morgan fingerprint density at radius 3 is 2.64 bits per heavy atom. The van der Waals surface area contributed by atoms with Crippen LogP contribution in [0.5, 0.6) is 0 Å². The van der Waals surface area contributed by atoms with Gasteiger partial charge in [0.05, 0.1) is 16.6 Å². The second-order valence-corrected chi connectivity index (χ2v) is 7.20. The van der Waals surface area contributed by atoms with Gasteiger partial charge in [-0.3, -0.25) is 14.5 Å². The maximum atomic E-state index is 12.5. The van der Waals surface area contributed by atoms with Crippen molar-refractivity contribution in [2.75, 3.05) is 39.8 Å². The number of thiazole rings is 1. The smallest absolute Gasteiger partial charge is 0.228 e. The molecule has 2 saturated heterocycles. The molecule has 3 rings (SSSR count). The Kier molecular flexibility index (Phi) is 4.44. The first-order valence-electron chi connectivity index (χ1n) is 7.69. The molecular formula is C15H22N4O2S. The largest absolute Gasteiger partial charge is 0.345 e. The normalized spacial score (nSPS) is 23.4. The Hall–Kier alpha value is -1.47. The quantitative estimate of drug-likeness (QED) is 0.817. The molecule has 0 saturated carbocycles. The fraction of sp³-hybridized carbons (Fsp3) is 0.667. The maximum absolute atomic E-state index is 12.5. The number of aromatic nitrogens is 1. The summed E-state index contributed by atoms with van der Waals surface area (Å²) in [5, 5.41) is 3.20. The predicted molar refractivity (Wildman–Crippen MR) is 84.5 cm³/mol. The Morgan fingerprint density at radius 1 is 1.36 bits per heavy atom. The number of piperazine rings is 1. The van der Waals surface area contributed by atoms with Gasteiger partial charge in [0.15, 0.2) is 0 Å². The van der Waals surface area contributed by atoms with Crippen LogP contribution in [0, 0.1) is 12.8 Å². The van der Waals surface area contributed by atoms with Crippen molar-refractivity contribution in [2.45, 2.75) is 19.9 Å². The van der Waals surface area contributed by atoms with E-state index in [9.17, 15) is 9.59 Å². The lowest BCUT2D eigenvalue weighted by Crippen LogP contribution is -2.50. The highest BCUT2D eigenvalue weighted by atomic mass is 32.1. The van der Waals surface area contributed by atoms with Gasteiger partial charge in [0.1, 0.15) is 0 Å². The van der Waals surface area contributed by atoms with Crippen molar-refractivity contribution < 1.29 is 9.59 Å². The number of rotatable bonds is 3. The molecule has 3 heterocycles. The van der Waals surface area contributed by atoms with E-state index in [-0.39, 0.29) is 17.7 Å². The van der Waals surface area contributed by atoms with Crippen LogP contribution in [0.25, 0.3) is 0 Å². The highest BCUT2D eigenvalue weighted by Crippen LogP contribution is 2.20. The molecule has 0 N–H and O–H groups in total. The van der Waals surface area contributed by atoms with E-state index >= 15 is 0 Å². The lowest BCUT2D eigenvalue weighted by Gasteiger charge is -2.35. The van der Waals surface area contributed by atoms with Gasteiger partial charge in [0.25, 0.3) is 0 Å². The Balaban J connectivity index is 1.49. The van der Waals surface area contributed by atoms with Gasteiger partial charge in [-0.15, -0.1) is 11.3 Å². The van der Waals surface area contributed by atoms with E-state index in [0.717, 1.165) is 43.4 Å². The molecule has 0 aromatic carbocycles. The minimum absolute atomic E-state index is 0.0795. The number of likely N-dealkylation sites (tertiary alicyclic amines) is 1. The van der Waals surface area contributed by atoms with Crippen molar-refractivity contribution in [1.29, 1.82) is 0 Å². The monoisotopic (exact) mass is 322 g/mol. The molecule has 0 bridgehead atoms. The summed E-state index contributed by atoms with van der Waals surface area (Å²) in [5.41, 5.74) is 1.12. The first-order chi connectivity index (χ1) is 10.5. The van der Waals surface area contributed by atoms with Crippen LogP contribution in [0.2, 0.25) is 0 Å². The van der Waals surface area contributed by atoms with Gasteiger partial charge < -0.3 is 9.80 Å². The zero-order valence-electron chi connectivity index (χ0n) is 13.1. The number of carbonyl (C=O) groups excluding carboxylic acids is 2. The van der Waals surface area contributed by atoms with Crippen LogP contribution in [-0.2, 0) is 16.1 Å². The molecule has 1 aromatic heterocycles. The van der Waals surface area contributed by atoms with E-state index in [4.69, 9.17) is 0 Å². The van der Waals surface area contributed by atoms with Crippen LogP contribution < -0.4 is 0 Å². The molecule has 120 valence electrons. The highest BCUT2D eigenvalue weighted by Gasteiger charge is 2.35. The number of aryl methyl sites for hydroxylation is 1. The van der Waals surface area contributed by atoms with Gasteiger partial charge in [-0.2, -0.15) is 0 Å². The summed E-state index contributed by atoms with van der Waals surface area (Å²) in [6.45, 7) is 6.68. The Morgan fingerprint density at radius 2 is 2.09 bits per heavy atom. The Labute approximate surface area is 134 Å². The van der Waals surface area contributed by atoms with Crippen molar-refractivity contribution in [1.82, 2.24) is 19.7 Å². The summed E-state index contributed by atoms with van der Waals surface area (Å²) in [6.07, 6.45) is 0.369. The van der Waals surface area contributed by atoms with Crippen molar-refractivity contribution in [3.63, 3.8) is 0 Å². The second-order valence-electron chi connectivity index (χ2n) is 6.13. The first-order valence-corrected chi connectivity index (χ1v) is 8.57. The summed E-state index contributed by atoms with van der Waals surface area (Å²) in [4.78, 5) is 34.4. The van der Waals surface area contributed by atoms with Gasteiger partial charge in [-0.1, -0.05) is 0 Å². The SMILES string of the molecule is Cc1nc(CN2CCN(C(=O)C3CC(=O)N(C)C3)CC2)cs1. The van der Waals surface area contributed by atoms with Gasteiger partial charge in [0, 0.05) is 58.1 Å². The third kappa shape index (κ3) is 3.30. The van der Waals surface area contributed by atoms with Crippen LogP contribution in [0.15, 0.2) is 5.38 Å². The molecule has 0 aliphatic carbocycles. The predicted octanol–water partition coefficient (Wildman–Crippen LogP) is 0.574. The number of nitrogens with zero attached hydrogens (tertiary/aromatic N) is 4.